The highest BCUT2D eigenvalue weighted by Crippen LogP contribution is 2.28. The molecule has 0 aromatic carbocycles. The summed E-state index contributed by atoms with van der Waals surface area (Å²) in [5, 5.41) is 4.05. The first kappa shape index (κ1) is 12.8. The summed E-state index contributed by atoms with van der Waals surface area (Å²) in [7, 11) is 0. The fraction of sp³-hybridized carbons (Fsp3) is 0.571. The minimum Gasteiger partial charge on any atom is -0.367 e. The molecule has 2 saturated heterocycles. The molecule has 0 saturated carbocycles. The number of nitrogens with zero attached hydrogens (tertiary/aromatic N) is 5. The van der Waals surface area contributed by atoms with Gasteiger partial charge in [0.25, 0.3) is 5.89 Å². The third-order valence-electron chi connectivity index (χ3n) is 4.15. The van der Waals surface area contributed by atoms with Crippen molar-refractivity contribution >= 4 is 0 Å². The van der Waals surface area contributed by atoms with Crippen molar-refractivity contribution in [1.29, 1.82) is 0 Å². The van der Waals surface area contributed by atoms with Gasteiger partial charge in [-0.1, -0.05) is 11.6 Å². The van der Waals surface area contributed by atoms with Crippen LogP contribution in [-0.4, -0.2) is 50.7 Å². The van der Waals surface area contributed by atoms with Crippen molar-refractivity contribution in [3.05, 3.63) is 24.4 Å². The molecule has 2 atom stereocenters. The number of morpholine rings is 1. The van der Waals surface area contributed by atoms with Crippen molar-refractivity contribution in [1.82, 2.24) is 25.0 Å². The topological polar surface area (TPSA) is 77.2 Å². The van der Waals surface area contributed by atoms with Gasteiger partial charge in [-0.2, -0.15) is 4.98 Å². The van der Waals surface area contributed by atoms with E-state index in [1.54, 1.807) is 18.6 Å². The van der Waals surface area contributed by atoms with Crippen LogP contribution in [0.2, 0.25) is 0 Å². The maximum absolute atomic E-state index is 5.92. The van der Waals surface area contributed by atoms with Crippen molar-refractivity contribution in [3.8, 4) is 11.6 Å². The Morgan fingerprint density at radius 1 is 1.24 bits per heavy atom. The summed E-state index contributed by atoms with van der Waals surface area (Å²) >= 11 is 0. The summed E-state index contributed by atoms with van der Waals surface area (Å²) in [5.74, 6) is 0.988. The Balaban J connectivity index is 1.51. The van der Waals surface area contributed by atoms with E-state index in [1.807, 2.05) is 0 Å². The normalized spacial score (nSPS) is 26.5. The van der Waals surface area contributed by atoms with E-state index >= 15 is 0 Å². The van der Waals surface area contributed by atoms with Gasteiger partial charge >= 0.3 is 0 Å². The van der Waals surface area contributed by atoms with Crippen LogP contribution in [0.25, 0.3) is 11.6 Å². The lowest BCUT2D eigenvalue weighted by Gasteiger charge is -2.41. The van der Waals surface area contributed by atoms with E-state index in [4.69, 9.17) is 9.26 Å². The standard InChI is InChI=1S/C14H17N5O2/c1-2-6-19-8-12(20-9-10(19)3-1)13-17-14(21-18-13)11-7-15-4-5-16-11/h4-5,7,10,12H,1-3,6,8-9H2/t10-,12-/m1/s1. The Hall–Kier alpha value is -1.86. The molecule has 2 aliphatic heterocycles. The molecular weight excluding hydrogens is 270 g/mol. The molecule has 2 aliphatic rings. The summed E-state index contributed by atoms with van der Waals surface area (Å²) in [4.78, 5) is 15.1. The van der Waals surface area contributed by atoms with Crippen LogP contribution in [-0.2, 0) is 4.74 Å². The summed E-state index contributed by atoms with van der Waals surface area (Å²) < 4.78 is 11.2. The van der Waals surface area contributed by atoms with Crippen LogP contribution in [0.3, 0.4) is 0 Å². The van der Waals surface area contributed by atoms with Gasteiger partial charge in [0.15, 0.2) is 0 Å². The molecule has 2 aromatic heterocycles. The van der Waals surface area contributed by atoms with Crippen LogP contribution in [0, 0.1) is 0 Å². The molecule has 7 nitrogen and oxygen atoms in total. The van der Waals surface area contributed by atoms with Crippen LogP contribution in [0.5, 0.6) is 0 Å². The third kappa shape index (κ3) is 2.54. The number of hydrogen-bond donors (Lipinski definition) is 0. The third-order valence-corrected chi connectivity index (χ3v) is 4.15. The molecule has 0 N–H and O–H groups in total. The van der Waals surface area contributed by atoms with Crippen LogP contribution < -0.4 is 0 Å². The first-order valence-electron chi connectivity index (χ1n) is 7.36. The van der Waals surface area contributed by atoms with Crippen LogP contribution in [0.1, 0.15) is 31.2 Å². The molecule has 2 aromatic rings. The van der Waals surface area contributed by atoms with Crippen molar-refractivity contribution in [2.24, 2.45) is 0 Å². The number of aromatic nitrogens is 4. The van der Waals surface area contributed by atoms with Gasteiger partial charge in [0.2, 0.25) is 5.82 Å². The Bertz CT molecular complexity index is 602. The molecule has 4 rings (SSSR count). The molecular formula is C14H17N5O2. The molecule has 21 heavy (non-hydrogen) atoms. The summed E-state index contributed by atoms with van der Waals surface area (Å²) in [6, 6.07) is 0.557. The smallest absolute Gasteiger partial charge is 0.278 e. The molecule has 110 valence electrons. The predicted octanol–water partition coefficient (Wildman–Crippen LogP) is 1.45. The molecule has 0 bridgehead atoms. The number of fused-ring (bicyclic) bond motifs is 1. The first-order chi connectivity index (χ1) is 10.4. The number of hydrogen-bond acceptors (Lipinski definition) is 7. The van der Waals surface area contributed by atoms with E-state index in [9.17, 15) is 0 Å². The van der Waals surface area contributed by atoms with E-state index in [1.165, 1.54) is 19.3 Å². The first-order valence-corrected chi connectivity index (χ1v) is 7.36. The highest BCUT2D eigenvalue weighted by atomic mass is 16.5. The van der Waals surface area contributed by atoms with Gasteiger partial charge in [0.1, 0.15) is 11.8 Å². The second kappa shape index (κ2) is 5.50. The second-order valence-electron chi connectivity index (χ2n) is 5.51. The van der Waals surface area contributed by atoms with E-state index in [2.05, 4.69) is 25.0 Å². The van der Waals surface area contributed by atoms with Gasteiger partial charge in [0.05, 0.1) is 12.8 Å². The maximum atomic E-state index is 5.92. The second-order valence-corrected chi connectivity index (χ2v) is 5.51. The average molecular weight is 287 g/mol. The van der Waals surface area contributed by atoms with E-state index < -0.39 is 0 Å². The maximum Gasteiger partial charge on any atom is 0.278 e. The lowest BCUT2D eigenvalue weighted by molar-refractivity contribution is -0.0805. The Kier molecular flexibility index (Phi) is 3.36. The molecule has 0 unspecified atom stereocenters. The quantitative estimate of drug-likeness (QED) is 0.827. The van der Waals surface area contributed by atoms with Crippen LogP contribution >= 0.6 is 0 Å². The fourth-order valence-electron chi connectivity index (χ4n) is 3.02. The lowest BCUT2D eigenvalue weighted by Crippen LogP contribution is -2.49. The average Bonchev–Trinajstić information content (AvgIpc) is 3.05. The molecule has 4 heterocycles. The highest BCUT2D eigenvalue weighted by molar-refractivity contribution is 5.43. The molecule has 7 heteroatoms. The van der Waals surface area contributed by atoms with E-state index in [0.717, 1.165) is 19.7 Å². The van der Waals surface area contributed by atoms with Gasteiger partial charge in [-0.15, -0.1) is 0 Å². The number of ether oxygens (including phenoxy) is 1. The monoisotopic (exact) mass is 287 g/mol. The van der Waals surface area contributed by atoms with Crippen molar-refractivity contribution in [2.75, 3.05) is 19.7 Å². The number of rotatable bonds is 2. The molecule has 0 amide bonds. The molecule has 2 fully saturated rings. The Morgan fingerprint density at radius 3 is 3.14 bits per heavy atom. The number of piperidine rings is 1. The fourth-order valence-corrected chi connectivity index (χ4v) is 3.02. The molecule has 0 radical (unpaired) electrons. The van der Waals surface area contributed by atoms with Crippen LogP contribution in [0.15, 0.2) is 23.1 Å². The zero-order valence-electron chi connectivity index (χ0n) is 11.7. The predicted molar refractivity (Wildman–Crippen MR) is 73.2 cm³/mol. The lowest BCUT2D eigenvalue weighted by atomic mass is 10.0. The largest absolute Gasteiger partial charge is 0.367 e. The molecule has 0 spiro atoms. The minimum atomic E-state index is -0.117. The van der Waals surface area contributed by atoms with Gasteiger partial charge in [-0.05, 0) is 19.4 Å². The van der Waals surface area contributed by atoms with E-state index in [0.29, 0.717) is 23.5 Å². The van der Waals surface area contributed by atoms with Crippen molar-refractivity contribution in [3.63, 3.8) is 0 Å². The zero-order valence-corrected chi connectivity index (χ0v) is 11.7. The zero-order chi connectivity index (χ0) is 14.1. The SMILES string of the molecule is c1cnc(-c2nc([C@H]3CN4CCCC[C@@H]4CO3)no2)cn1. The van der Waals surface area contributed by atoms with Gasteiger partial charge in [0, 0.05) is 25.0 Å². The van der Waals surface area contributed by atoms with Gasteiger partial charge < -0.3 is 9.26 Å². The van der Waals surface area contributed by atoms with Gasteiger partial charge in [-0.3, -0.25) is 9.88 Å². The summed E-state index contributed by atoms with van der Waals surface area (Å²) in [6.07, 6.45) is 8.50. The van der Waals surface area contributed by atoms with Crippen molar-refractivity contribution < 1.29 is 9.26 Å². The van der Waals surface area contributed by atoms with Crippen LogP contribution in [0.4, 0.5) is 0 Å². The summed E-state index contributed by atoms with van der Waals surface area (Å²) in [6.45, 7) is 2.73. The van der Waals surface area contributed by atoms with Crippen molar-refractivity contribution in [2.45, 2.75) is 31.4 Å². The van der Waals surface area contributed by atoms with Gasteiger partial charge in [-0.25, -0.2) is 4.98 Å². The summed E-state index contributed by atoms with van der Waals surface area (Å²) in [5.41, 5.74) is 0.586. The Labute approximate surface area is 122 Å². The minimum absolute atomic E-state index is 0.117. The van der Waals surface area contributed by atoms with E-state index in [-0.39, 0.29) is 6.10 Å². The Morgan fingerprint density at radius 2 is 2.24 bits per heavy atom. The highest BCUT2D eigenvalue weighted by Gasteiger charge is 2.33. The molecule has 0 aliphatic carbocycles.